The Morgan fingerprint density at radius 2 is 2.00 bits per heavy atom. The number of carbonyl (C=O) groups excluding carboxylic acids is 2. The van der Waals surface area contributed by atoms with Crippen molar-refractivity contribution >= 4 is 11.8 Å². The molecule has 1 unspecified atom stereocenters. The van der Waals surface area contributed by atoms with E-state index in [1.165, 1.54) is 0 Å². The number of hydrogen-bond acceptors (Lipinski definition) is 4. The van der Waals surface area contributed by atoms with E-state index in [2.05, 4.69) is 10.6 Å². The van der Waals surface area contributed by atoms with E-state index >= 15 is 0 Å². The summed E-state index contributed by atoms with van der Waals surface area (Å²) < 4.78 is 5.50. The van der Waals surface area contributed by atoms with E-state index in [0.29, 0.717) is 19.4 Å². The Bertz CT molecular complexity index is 327. The summed E-state index contributed by atoms with van der Waals surface area (Å²) in [5, 5.41) is 5.81. The molecule has 1 aliphatic rings. The van der Waals surface area contributed by atoms with Crippen LogP contribution in [0, 0.1) is 5.92 Å². The number of likely N-dealkylation sites (N-methyl/N-ethyl adjacent to an activating group) is 1. The third-order valence-corrected chi connectivity index (χ3v) is 3.78. The molecule has 2 amide bonds. The Balaban J connectivity index is 2.66. The molecule has 2 N–H and O–H groups in total. The first kappa shape index (κ1) is 15.9. The largest absolute Gasteiger partial charge is 0.368 e. The third kappa shape index (κ3) is 3.67. The highest BCUT2D eigenvalue weighted by Gasteiger charge is 2.41. The van der Waals surface area contributed by atoms with Gasteiger partial charge in [0.25, 0.3) is 5.91 Å². The molecule has 1 atom stereocenters. The van der Waals surface area contributed by atoms with Gasteiger partial charge in [-0.2, -0.15) is 0 Å². The number of methoxy groups -OCH3 is 1. The number of nitrogens with zero attached hydrogens (tertiary/aromatic N) is 1. The van der Waals surface area contributed by atoms with E-state index in [1.54, 1.807) is 26.1 Å². The van der Waals surface area contributed by atoms with E-state index in [0.717, 1.165) is 13.1 Å². The molecule has 0 aliphatic carbocycles. The SMILES string of the molecule is CNC(=O)C(C)CN(C)C(=O)C1(OC)CCNCC1. The van der Waals surface area contributed by atoms with Crippen LogP contribution in [0.3, 0.4) is 0 Å². The molecular formula is C13H25N3O3. The van der Waals surface area contributed by atoms with Gasteiger partial charge < -0.3 is 20.3 Å². The first-order valence-electron chi connectivity index (χ1n) is 6.70. The van der Waals surface area contributed by atoms with E-state index in [-0.39, 0.29) is 17.7 Å². The smallest absolute Gasteiger partial charge is 0.254 e. The summed E-state index contributed by atoms with van der Waals surface area (Å²) in [7, 11) is 4.91. The van der Waals surface area contributed by atoms with Crippen LogP contribution < -0.4 is 10.6 Å². The second-order valence-corrected chi connectivity index (χ2v) is 5.15. The molecule has 1 rings (SSSR count). The van der Waals surface area contributed by atoms with Crippen LogP contribution in [-0.2, 0) is 14.3 Å². The van der Waals surface area contributed by atoms with Crippen LogP contribution in [-0.4, -0.2) is 63.2 Å². The standard InChI is InChI=1S/C13H25N3O3/c1-10(11(17)14-2)9-16(3)12(18)13(19-4)5-7-15-8-6-13/h10,15H,5-9H2,1-4H3,(H,14,17). The molecule has 1 fully saturated rings. The normalized spacial score (nSPS) is 19.6. The predicted molar refractivity (Wildman–Crippen MR) is 72.7 cm³/mol. The molecule has 0 spiro atoms. The second-order valence-electron chi connectivity index (χ2n) is 5.15. The van der Waals surface area contributed by atoms with Gasteiger partial charge in [-0.3, -0.25) is 9.59 Å². The highest BCUT2D eigenvalue weighted by Crippen LogP contribution is 2.25. The van der Waals surface area contributed by atoms with Gasteiger partial charge in [-0.1, -0.05) is 6.92 Å². The van der Waals surface area contributed by atoms with E-state index in [1.807, 2.05) is 6.92 Å². The number of rotatable bonds is 5. The third-order valence-electron chi connectivity index (χ3n) is 3.78. The molecule has 6 nitrogen and oxygen atoms in total. The number of ether oxygens (including phenoxy) is 1. The minimum atomic E-state index is -0.734. The van der Waals surface area contributed by atoms with Gasteiger partial charge in [0.1, 0.15) is 5.60 Å². The zero-order valence-corrected chi connectivity index (χ0v) is 12.3. The maximum atomic E-state index is 12.5. The molecule has 0 aromatic heterocycles. The first-order valence-corrected chi connectivity index (χ1v) is 6.70. The van der Waals surface area contributed by atoms with Gasteiger partial charge in [0.2, 0.25) is 5.91 Å². The maximum Gasteiger partial charge on any atom is 0.254 e. The van der Waals surface area contributed by atoms with Gasteiger partial charge in [-0.05, 0) is 25.9 Å². The predicted octanol–water partition coefficient (Wildman–Crippen LogP) is -0.404. The van der Waals surface area contributed by atoms with Crippen LogP contribution in [0.25, 0.3) is 0 Å². The molecule has 110 valence electrons. The zero-order valence-electron chi connectivity index (χ0n) is 12.3. The minimum Gasteiger partial charge on any atom is -0.368 e. The Hall–Kier alpha value is -1.14. The number of nitrogens with one attached hydrogen (secondary N) is 2. The van der Waals surface area contributed by atoms with Gasteiger partial charge in [0, 0.05) is 27.7 Å². The van der Waals surface area contributed by atoms with Crippen molar-refractivity contribution in [3.05, 3.63) is 0 Å². The maximum absolute atomic E-state index is 12.5. The fourth-order valence-corrected chi connectivity index (χ4v) is 2.51. The Morgan fingerprint density at radius 1 is 1.42 bits per heavy atom. The quantitative estimate of drug-likeness (QED) is 0.713. The summed E-state index contributed by atoms with van der Waals surface area (Å²) in [5.41, 5.74) is -0.734. The molecule has 1 aliphatic heterocycles. The van der Waals surface area contributed by atoms with Crippen molar-refractivity contribution in [1.29, 1.82) is 0 Å². The van der Waals surface area contributed by atoms with Crippen LogP contribution >= 0.6 is 0 Å². The van der Waals surface area contributed by atoms with E-state index < -0.39 is 5.60 Å². The fraction of sp³-hybridized carbons (Fsp3) is 0.846. The molecule has 0 radical (unpaired) electrons. The second kappa shape index (κ2) is 6.86. The van der Waals surface area contributed by atoms with Crippen LogP contribution in [0.2, 0.25) is 0 Å². The van der Waals surface area contributed by atoms with Crippen molar-refractivity contribution in [3.63, 3.8) is 0 Å². The highest BCUT2D eigenvalue weighted by atomic mass is 16.5. The summed E-state index contributed by atoms with van der Waals surface area (Å²) >= 11 is 0. The molecule has 19 heavy (non-hydrogen) atoms. The molecule has 0 aromatic carbocycles. The van der Waals surface area contributed by atoms with E-state index in [4.69, 9.17) is 4.74 Å². The van der Waals surface area contributed by atoms with Crippen molar-refractivity contribution in [2.45, 2.75) is 25.4 Å². The summed E-state index contributed by atoms with van der Waals surface area (Å²) in [6, 6.07) is 0. The van der Waals surface area contributed by atoms with Gasteiger partial charge in [0.05, 0.1) is 5.92 Å². The topological polar surface area (TPSA) is 70.7 Å². The number of piperidine rings is 1. The Labute approximate surface area is 114 Å². The highest BCUT2D eigenvalue weighted by molar-refractivity contribution is 5.86. The number of amides is 2. The van der Waals surface area contributed by atoms with Crippen molar-refractivity contribution in [1.82, 2.24) is 15.5 Å². The van der Waals surface area contributed by atoms with Gasteiger partial charge in [-0.15, -0.1) is 0 Å². The van der Waals surface area contributed by atoms with E-state index in [9.17, 15) is 9.59 Å². The average Bonchev–Trinajstić information content (AvgIpc) is 2.45. The summed E-state index contributed by atoms with van der Waals surface area (Å²) in [6.07, 6.45) is 1.34. The molecular weight excluding hydrogens is 246 g/mol. The average molecular weight is 271 g/mol. The number of hydrogen-bond donors (Lipinski definition) is 2. The Kier molecular flexibility index (Phi) is 5.75. The lowest BCUT2D eigenvalue weighted by molar-refractivity contribution is -0.157. The molecule has 1 saturated heterocycles. The monoisotopic (exact) mass is 271 g/mol. The van der Waals surface area contributed by atoms with Gasteiger partial charge >= 0.3 is 0 Å². The summed E-state index contributed by atoms with van der Waals surface area (Å²) in [5.74, 6) is -0.321. The number of carbonyl (C=O) groups is 2. The lowest BCUT2D eigenvalue weighted by Gasteiger charge is -2.38. The minimum absolute atomic E-state index is 0.0350. The van der Waals surface area contributed by atoms with Crippen molar-refractivity contribution in [2.24, 2.45) is 5.92 Å². The molecule has 0 bridgehead atoms. The van der Waals surface area contributed by atoms with Crippen molar-refractivity contribution < 1.29 is 14.3 Å². The summed E-state index contributed by atoms with van der Waals surface area (Å²) in [4.78, 5) is 25.7. The molecule has 0 saturated carbocycles. The molecule has 1 heterocycles. The zero-order chi connectivity index (χ0) is 14.5. The van der Waals surface area contributed by atoms with Crippen molar-refractivity contribution in [3.8, 4) is 0 Å². The lowest BCUT2D eigenvalue weighted by atomic mass is 9.90. The van der Waals surface area contributed by atoms with Crippen LogP contribution in [0.15, 0.2) is 0 Å². The Morgan fingerprint density at radius 3 is 2.47 bits per heavy atom. The van der Waals surface area contributed by atoms with Crippen LogP contribution in [0.1, 0.15) is 19.8 Å². The van der Waals surface area contributed by atoms with Crippen LogP contribution in [0.4, 0.5) is 0 Å². The lowest BCUT2D eigenvalue weighted by Crippen LogP contribution is -2.55. The van der Waals surface area contributed by atoms with Crippen molar-refractivity contribution in [2.75, 3.05) is 40.8 Å². The van der Waals surface area contributed by atoms with Gasteiger partial charge in [0.15, 0.2) is 0 Å². The fourth-order valence-electron chi connectivity index (χ4n) is 2.51. The van der Waals surface area contributed by atoms with Crippen LogP contribution in [0.5, 0.6) is 0 Å². The van der Waals surface area contributed by atoms with Gasteiger partial charge in [-0.25, -0.2) is 0 Å². The summed E-state index contributed by atoms with van der Waals surface area (Å²) in [6.45, 7) is 3.76. The molecule has 6 heteroatoms. The molecule has 0 aromatic rings. The first-order chi connectivity index (χ1) is 8.96.